The zero-order valence-electron chi connectivity index (χ0n) is 13.6. The number of fused-ring (bicyclic) bond motifs is 1. The van der Waals surface area contributed by atoms with Crippen LogP contribution in [0.4, 0.5) is 5.13 Å². The quantitative estimate of drug-likeness (QED) is 0.910. The van der Waals surface area contributed by atoms with Crippen LogP contribution in [-0.4, -0.2) is 58.4 Å². The summed E-state index contributed by atoms with van der Waals surface area (Å²) in [6, 6.07) is 0.600. The van der Waals surface area contributed by atoms with Crippen molar-refractivity contribution in [3.8, 4) is 0 Å². The van der Waals surface area contributed by atoms with E-state index in [4.69, 9.17) is 0 Å². The van der Waals surface area contributed by atoms with Crippen LogP contribution in [0.15, 0.2) is 0 Å². The van der Waals surface area contributed by atoms with Gasteiger partial charge in [-0.2, -0.15) is 0 Å². The number of carbonyl (C=O) groups is 1. The molecule has 6 nitrogen and oxygen atoms in total. The van der Waals surface area contributed by atoms with Crippen LogP contribution >= 0.6 is 11.3 Å². The first-order valence-electron chi connectivity index (χ1n) is 8.61. The van der Waals surface area contributed by atoms with Gasteiger partial charge < -0.3 is 10.0 Å². The standard InChI is InChI=1S/C16H24N4O2S/c1-11-17-18-15(23-11)20-8-12-7-19(13-5-3-2-4-6-13)9-16(12,10-20)14(21)22/h12-13H,2-10H2,1H3,(H,21,22)/t12-,16-/m0/s1. The number of carboxylic acid groups (broad SMARTS) is 1. The Morgan fingerprint density at radius 2 is 2.00 bits per heavy atom. The van der Waals surface area contributed by atoms with Crippen molar-refractivity contribution in [2.75, 3.05) is 31.1 Å². The molecule has 126 valence electrons. The lowest BCUT2D eigenvalue weighted by atomic mass is 9.81. The Morgan fingerprint density at radius 1 is 1.22 bits per heavy atom. The van der Waals surface area contributed by atoms with Crippen LogP contribution in [0.2, 0.25) is 0 Å². The van der Waals surface area contributed by atoms with Crippen molar-refractivity contribution in [2.45, 2.75) is 45.1 Å². The predicted molar refractivity (Wildman–Crippen MR) is 88.9 cm³/mol. The van der Waals surface area contributed by atoms with Crippen molar-refractivity contribution in [3.63, 3.8) is 0 Å². The first-order valence-corrected chi connectivity index (χ1v) is 9.43. The van der Waals surface area contributed by atoms with E-state index in [2.05, 4.69) is 20.0 Å². The fourth-order valence-corrected chi connectivity index (χ4v) is 5.39. The fourth-order valence-electron chi connectivity index (χ4n) is 4.69. The molecule has 1 aliphatic carbocycles. The largest absolute Gasteiger partial charge is 0.481 e. The molecule has 7 heteroatoms. The summed E-state index contributed by atoms with van der Waals surface area (Å²) in [5.41, 5.74) is -0.628. The van der Waals surface area contributed by atoms with Crippen molar-refractivity contribution in [2.24, 2.45) is 11.3 Å². The molecule has 0 radical (unpaired) electrons. The molecule has 2 atom stereocenters. The number of likely N-dealkylation sites (tertiary alicyclic amines) is 1. The average molecular weight is 336 g/mol. The van der Waals surface area contributed by atoms with E-state index in [-0.39, 0.29) is 5.92 Å². The van der Waals surface area contributed by atoms with Crippen LogP contribution < -0.4 is 4.90 Å². The second-order valence-corrected chi connectivity index (χ2v) is 8.52. The molecule has 1 N–H and O–H groups in total. The highest BCUT2D eigenvalue weighted by Crippen LogP contribution is 2.46. The van der Waals surface area contributed by atoms with Gasteiger partial charge in [0.25, 0.3) is 0 Å². The number of aliphatic carboxylic acids is 1. The van der Waals surface area contributed by atoms with Gasteiger partial charge in [-0.1, -0.05) is 30.6 Å². The van der Waals surface area contributed by atoms with Crippen LogP contribution in [0.3, 0.4) is 0 Å². The van der Waals surface area contributed by atoms with Gasteiger partial charge in [0, 0.05) is 38.1 Å². The van der Waals surface area contributed by atoms with Crippen molar-refractivity contribution in [1.82, 2.24) is 15.1 Å². The number of anilines is 1. The molecule has 0 aromatic carbocycles. The highest BCUT2D eigenvalue weighted by Gasteiger charge is 2.58. The zero-order valence-corrected chi connectivity index (χ0v) is 14.4. The minimum atomic E-state index is -0.635. The lowest BCUT2D eigenvalue weighted by molar-refractivity contribution is -0.148. The van der Waals surface area contributed by atoms with Crippen molar-refractivity contribution >= 4 is 22.4 Å². The summed E-state index contributed by atoms with van der Waals surface area (Å²) in [4.78, 5) is 16.7. The first-order chi connectivity index (χ1) is 11.1. The van der Waals surface area contributed by atoms with E-state index in [1.165, 1.54) is 32.1 Å². The van der Waals surface area contributed by atoms with E-state index in [1.807, 2.05) is 6.92 Å². The molecular weight excluding hydrogens is 312 g/mol. The van der Waals surface area contributed by atoms with Gasteiger partial charge in [0.15, 0.2) is 0 Å². The second-order valence-electron chi connectivity index (χ2n) is 7.36. The van der Waals surface area contributed by atoms with Gasteiger partial charge in [0.2, 0.25) is 5.13 Å². The lowest BCUT2D eigenvalue weighted by Crippen LogP contribution is -2.43. The monoisotopic (exact) mass is 336 g/mol. The Morgan fingerprint density at radius 3 is 2.61 bits per heavy atom. The van der Waals surface area contributed by atoms with Gasteiger partial charge in [-0.05, 0) is 19.8 Å². The van der Waals surface area contributed by atoms with Gasteiger partial charge in [-0.3, -0.25) is 9.69 Å². The molecule has 0 bridgehead atoms. The van der Waals surface area contributed by atoms with Crippen LogP contribution in [0.1, 0.15) is 37.1 Å². The van der Waals surface area contributed by atoms with E-state index < -0.39 is 11.4 Å². The summed E-state index contributed by atoms with van der Waals surface area (Å²) in [5, 5.41) is 20.1. The molecule has 4 rings (SSSR count). The predicted octanol–water partition coefficient (Wildman–Crippen LogP) is 2.00. The Labute approximate surface area is 140 Å². The van der Waals surface area contributed by atoms with E-state index >= 15 is 0 Å². The SMILES string of the molecule is Cc1nnc(N2C[C@@H]3CN(C4CCCCC4)C[C@]3(C(=O)O)C2)s1. The Balaban J connectivity index is 1.53. The normalized spacial score (nSPS) is 32.4. The van der Waals surface area contributed by atoms with Crippen LogP contribution in [-0.2, 0) is 4.79 Å². The lowest BCUT2D eigenvalue weighted by Gasteiger charge is -2.33. The van der Waals surface area contributed by atoms with E-state index in [1.54, 1.807) is 11.3 Å². The number of aromatic nitrogens is 2. The Kier molecular flexibility index (Phi) is 3.80. The highest BCUT2D eigenvalue weighted by atomic mass is 32.1. The number of carboxylic acids is 1. The summed E-state index contributed by atoms with van der Waals surface area (Å²) in [5.74, 6) is -0.435. The molecular formula is C16H24N4O2S. The van der Waals surface area contributed by atoms with Crippen molar-refractivity contribution in [1.29, 1.82) is 0 Å². The number of hydrogen-bond acceptors (Lipinski definition) is 6. The molecule has 1 aromatic rings. The number of hydrogen-bond donors (Lipinski definition) is 1. The summed E-state index contributed by atoms with van der Waals surface area (Å²) in [6.45, 7) is 4.93. The molecule has 2 saturated heterocycles. The summed E-state index contributed by atoms with van der Waals surface area (Å²) in [6.07, 6.45) is 6.40. The van der Waals surface area contributed by atoms with Gasteiger partial charge in [-0.15, -0.1) is 10.2 Å². The maximum absolute atomic E-state index is 12.1. The molecule has 0 amide bonds. The fraction of sp³-hybridized carbons (Fsp3) is 0.812. The molecule has 23 heavy (non-hydrogen) atoms. The van der Waals surface area contributed by atoms with Gasteiger partial charge in [0.05, 0.1) is 0 Å². The molecule has 0 spiro atoms. The molecule has 2 aliphatic heterocycles. The molecule has 0 unspecified atom stereocenters. The molecule has 1 saturated carbocycles. The third-order valence-corrected chi connectivity index (χ3v) is 6.84. The molecule has 3 aliphatic rings. The molecule has 1 aromatic heterocycles. The third kappa shape index (κ3) is 2.54. The van der Waals surface area contributed by atoms with Crippen molar-refractivity contribution in [3.05, 3.63) is 5.01 Å². The number of nitrogens with zero attached hydrogens (tertiary/aromatic N) is 4. The van der Waals surface area contributed by atoms with Crippen LogP contribution in [0.5, 0.6) is 0 Å². The second kappa shape index (κ2) is 5.70. The van der Waals surface area contributed by atoms with E-state index in [9.17, 15) is 9.90 Å². The smallest absolute Gasteiger partial charge is 0.313 e. The minimum absolute atomic E-state index is 0.200. The Hall–Kier alpha value is -1.21. The third-order valence-electron chi connectivity index (χ3n) is 5.94. The summed E-state index contributed by atoms with van der Waals surface area (Å²) >= 11 is 1.56. The summed E-state index contributed by atoms with van der Waals surface area (Å²) in [7, 11) is 0. The first kappa shape index (κ1) is 15.3. The maximum Gasteiger partial charge on any atom is 0.313 e. The summed E-state index contributed by atoms with van der Waals surface area (Å²) < 4.78 is 0. The maximum atomic E-state index is 12.1. The minimum Gasteiger partial charge on any atom is -0.481 e. The average Bonchev–Trinajstić information content (AvgIpc) is 3.20. The van der Waals surface area contributed by atoms with Crippen LogP contribution in [0, 0.1) is 18.3 Å². The highest BCUT2D eigenvalue weighted by molar-refractivity contribution is 7.15. The van der Waals surface area contributed by atoms with E-state index in [0.29, 0.717) is 19.1 Å². The topological polar surface area (TPSA) is 69.6 Å². The van der Waals surface area contributed by atoms with Gasteiger partial charge in [-0.25, -0.2) is 0 Å². The van der Waals surface area contributed by atoms with E-state index in [0.717, 1.165) is 23.2 Å². The Bertz CT molecular complexity index is 601. The van der Waals surface area contributed by atoms with Crippen molar-refractivity contribution < 1.29 is 9.90 Å². The zero-order chi connectivity index (χ0) is 16.0. The molecule has 3 heterocycles. The number of aryl methyl sites for hydroxylation is 1. The van der Waals surface area contributed by atoms with Gasteiger partial charge in [0.1, 0.15) is 10.4 Å². The van der Waals surface area contributed by atoms with Crippen LogP contribution in [0.25, 0.3) is 0 Å². The molecule has 3 fully saturated rings. The number of rotatable bonds is 3. The van der Waals surface area contributed by atoms with Gasteiger partial charge >= 0.3 is 5.97 Å².